The molecule has 0 bridgehead atoms. The molecule has 0 unspecified atom stereocenters. The van der Waals surface area contributed by atoms with Crippen LogP contribution in [0.2, 0.25) is 0 Å². The molecule has 1 aromatic carbocycles. The lowest BCUT2D eigenvalue weighted by Crippen LogP contribution is -2.36. The summed E-state index contributed by atoms with van der Waals surface area (Å²) in [4.78, 5) is 15.9. The SMILES string of the molecule is Cc1c(N)cc(Br)cc1C(=O)N(Cc1cccs1)C(C)C. The van der Waals surface area contributed by atoms with Gasteiger partial charge >= 0.3 is 0 Å². The Balaban J connectivity index is 2.35. The van der Waals surface area contributed by atoms with Crippen LogP contribution in [0.5, 0.6) is 0 Å². The quantitative estimate of drug-likeness (QED) is 0.812. The highest BCUT2D eigenvalue weighted by Gasteiger charge is 2.22. The Hall–Kier alpha value is -1.33. The van der Waals surface area contributed by atoms with Gasteiger partial charge in [0, 0.05) is 26.6 Å². The molecule has 1 heterocycles. The van der Waals surface area contributed by atoms with Crippen molar-refractivity contribution in [1.82, 2.24) is 4.90 Å². The highest BCUT2D eigenvalue weighted by Crippen LogP contribution is 2.25. The van der Waals surface area contributed by atoms with Crippen molar-refractivity contribution in [3.63, 3.8) is 0 Å². The number of amides is 1. The first-order valence-electron chi connectivity index (χ1n) is 6.79. The molecule has 2 rings (SSSR count). The van der Waals surface area contributed by atoms with Crippen molar-refractivity contribution in [2.45, 2.75) is 33.4 Å². The third-order valence-electron chi connectivity index (χ3n) is 3.43. The van der Waals surface area contributed by atoms with E-state index >= 15 is 0 Å². The van der Waals surface area contributed by atoms with Gasteiger partial charge in [0.25, 0.3) is 5.91 Å². The number of hydrogen-bond acceptors (Lipinski definition) is 3. The van der Waals surface area contributed by atoms with Crippen LogP contribution in [0.25, 0.3) is 0 Å². The van der Waals surface area contributed by atoms with Crippen molar-refractivity contribution in [2.75, 3.05) is 5.73 Å². The van der Waals surface area contributed by atoms with Crippen LogP contribution >= 0.6 is 27.3 Å². The van der Waals surface area contributed by atoms with E-state index < -0.39 is 0 Å². The summed E-state index contributed by atoms with van der Waals surface area (Å²) in [5.41, 5.74) is 8.10. The van der Waals surface area contributed by atoms with Gasteiger partial charge in [-0.1, -0.05) is 22.0 Å². The molecule has 3 nitrogen and oxygen atoms in total. The van der Waals surface area contributed by atoms with Crippen LogP contribution in [0.1, 0.15) is 34.6 Å². The Kier molecular flexibility index (Phi) is 5.06. The molecular formula is C16H19BrN2OS. The molecule has 0 radical (unpaired) electrons. The predicted molar refractivity (Wildman–Crippen MR) is 92.6 cm³/mol. The minimum atomic E-state index is 0.0175. The zero-order valence-electron chi connectivity index (χ0n) is 12.4. The summed E-state index contributed by atoms with van der Waals surface area (Å²) in [5.74, 6) is 0.0175. The summed E-state index contributed by atoms with van der Waals surface area (Å²) in [7, 11) is 0. The lowest BCUT2D eigenvalue weighted by Gasteiger charge is -2.27. The van der Waals surface area contributed by atoms with E-state index in [2.05, 4.69) is 22.0 Å². The fourth-order valence-electron chi connectivity index (χ4n) is 2.14. The summed E-state index contributed by atoms with van der Waals surface area (Å²) >= 11 is 5.08. The molecule has 0 aliphatic heterocycles. The molecule has 2 N–H and O–H groups in total. The second-order valence-corrected chi connectivity index (χ2v) is 7.22. The number of nitrogens with zero attached hydrogens (tertiary/aromatic N) is 1. The first-order valence-corrected chi connectivity index (χ1v) is 8.46. The Labute approximate surface area is 137 Å². The topological polar surface area (TPSA) is 46.3 Å². The molecule has 21 heavy (non-hydrogen) atoms. The highest BCUT2D eigenvalue weighted by atomic mass is 79.9. The number of nitrogens with two attached hydrogens (primary N) is 1. The van der Waals surface area contributed by atoms with Crippen LogP contribution in [0, 0.1) is 6.92 Å². The van der Waals surface area contributed by atoms with Crippen LogP contribution < -0.4 is 5.73 Å². The number of nitrogen functional groups attached to an aromatic ring is 1. The average molecular weight is 367 g/mol. The number of hydrogen-bond donors (Lipinski definition) is 1. The van der Waals surface area contributed by atoms with Crippen molar-refractivity contribution in [3.8, 4) is 0 Å². The molecule has 0 spiro atoms. The Morgan fingerprint density at radius 2 is 2.14 bits per heavy atom. The van der Waals surface area contributed by atoms with Crippen molar-refractivity contribution in [2.24, 2.45) is 0 Å². The first kappa shape index (κ1) is 16.0. The molecule has 5 heteroatoms. The normalized spacial score (nSPS) is 10.9. The van der Waals surface area contributed by atoms with Crippen LogP contribution in [-0.4, -0.2) is 16.8 Å². The number of carbonyl (C=O) groups excluding carboxylic acids is 1. The molecule has 0 fully saturated rings. The van der Waals surface area contributed by atoms with Gasteiger partial charge in [-0.2, -0.15) is 0 Å². The van der Waals surface area contributed by atoms with Crippen LogP contribution in [0.3, 0.4) is 0 Å². The summed E-state index contributed by atoms with van der Waals surface area (Å²) in [6, 6.07) is 7.85. The average Bonchev–Trinajstić information content (AvgIpc) is 2.92. The second kappa shape index (κ2) is 6.62. The molecule has 0 aliphatic carbocycles. The smallest absolute Gasteiger partial charge is 0.254 e. The number of halogens is 1. The van der Waals surface area contributed by atoms with E-state index in [0.717, 1.165) is 10.0 Å². The van der Waals surface area contributed by atoms with Gasteiger partial charge in [0.1, 0.15) is 0 Å². The van der Waals surface area contributed by atoms with Crippen molar-refractivity contribution < 1.29 is 4.79 Å². The number of benzene rings is 1. The zero-order valence-corrected chi connectivity index (χ0v) is 14.8. The van der Waals surface area contributed by atoms with Gasteiger partial charge in [-0.15, -0.1) is 11.3 Å². The third kappa shape index (κ3) is 3.66. The molecule has 0 aliphatic rings. The van der Waals surface area contributed by atoms with Gasteiger partial charge in [-0.05, 0) is 49.9 Å². The van der Waals surface area contributed by atoms with Gasteiger partial charge in [0.15, 0.2) is 0 Å². The summed E-state index contributed by atoms with van der Waals surface area (Å²) < 4.78 is 0.828. The van der Waals surface area contributed by atoms with Gasteiger partial charge in [0.2, 0.25) is 0 Å². The fraction of sp³-hybridized carbons (Fsp3) is 0.312. The Bertz CT molecular complexity index is 638. The van der Waals surface area contributed by atoms with Gasteiger partial charge in [-0.3, -0.25) is 4.79 Å². The van der Waals surface area contributed by atoms with E-state index in [1.54, 1.807) is 11.3 Å². The van der Waals surface area contributed by atoms with Crippen molar-refractivity contribution >= 4 is 38.9 Å². The van der Waals surface area contributed by atoms with E-state index in [1.165, 1.54) is 4.88 Å². The third-order valence-corrected chi connectivity index (χ3v) is 4.75. The lowest BCUT2D eigenvalue weighted by molar-refractivity contribution is 0.0691. The van der Waals surface area contributed by atoms with E-state index in [4.69, 9.17) is 5.73 Å². The number of carbonyl (C=O) groups is 1. The van der Waals surface area contributed by atoms with Gasteiger partial charge in [0.05, 0.1) is 6.54 Å². The maximum atomic E-state index is 12.9. The lowest BCUT2D eigenvalue weighted by atomic mass is 10.0. The Morgan fingerprint density at radius 1 is 1.43 bits per heavy atom. The maximum absolute atomic E-state index is 12.9. The molecular weight excluding hydrogens is 348 g/mol. The van der Waals surface area contributed by atoms with Crippen LogP contribution in [0.15, 0.2) is 34.1 Å². The largest absolute Gasteiger partial charge is 0.398 e. The van der Waals surface area contributed by atoms with Crippen molar-refractivity contribution in [3.05, 3.63) is 50.1 Å². The molecule has 0 saturated carbocycles. The molecule has 1 aromatic heterocycles. The minimum Gasteiger partial charge on any atom is -0.398 e. The predicted octanol–water partition coefficient (Wildman–Crippen LogP) is 4.45. The number of thiophene rings is 1. The van der Waals surface area contributed by atoms with Crippen LogP contribution in [-0.2, 0) is 6.54 Å². The standard InChI is InChI=1S/C16H19BrN2OS/c1-10(2)19(9-13-5-4-6-21-13)16(20)14-7-12(17)8-15(18)11(14)3/h4-8,10H,9,18H2,1-3H3. The fourth-order valence-corrected chi connectivity index (χ4v) is 3.31. The molecule has 1 amide bonds. The zero-order chi connectivity index (χ0) is 15.6. The van der Waals surface area contributed by atoms with Crippen LogP contribution in [0.4, 0.5) is 5.69 Å². The second-order valence-electron chi connectivity index (χ2n) is 5.27. The highest BCUT2D eigenvalue weighted by molar-refractivity contribution is 9.10. The first-order chi connectivity index (χ1) is 9.90. The monoisotopic (exact) mass is 366 g/mol. The molecule has 112 valence electrons. The van der Waals surface area contributed by atoms with E-state index in [0.29, 0.717) is 17.8 Å². The molecule has 2 aromatic rings. The minimum absolute atomic E-state index is 0.0175. The van der Waals surface area contributed by atoms with E-state index in [-0.39, 0.29) is 11.9 Å². The number of anilines is 1. The summed E-state index contributed by atoms with van der Waals surface area (Å²) in [6.45, 7) is 6.57. The molecule has 0 atom stereocenters. The van der Waals surface area contributed by atoms with Gasteiger partial charge < -0.3 is 10.6 Å². The molecule has 0 saturated heterocycles. The maximum Gasteiger partial charge on any atom is 0.254 e. The van der Waals surface area contributed by atoms with E-state index in [1.807, 2.05) is 49.3 Å². The number of rotatable bonds is 4. The van der Waals surface area contributed by atoms with E-state index in [9.17, 15) is 4.79 Å². The summed E-state index contributed by atoms with van der Waals surface area (Å²) in [5, 5.41) is 2.03. The van der Waals surface area contributed by atoms with Crippen molar-refractivity contribution in [1.29, 1.82) is 0 Å². The van der Waals surface area contributed by atoms with Gasteiger partial charge in [-0.25, -0.2) is 0 Å². The Morgan fingerprint density at radius 3 is 2.71 bits per heavy atom. The summed E-state index contributed by atoms with van der Waals surface area (Å²) in [6.07, 6.45) is 0.